The standard InChI is InChI=1S/C14H18FNO3/c15-13-10(6-9-2-1-3-16-8-9)14-12(7-11(13)17)18-4-5-19-14/h7,9,16-17H,1-6,8H2. The Morgan fingerprint density at radius 2 is 2.21 bits per heavy atom. The first-order valence-electron chi connectivity index (χ1n) is 6.76. The van der Waals surface area contributed by atoms with Crippen LogP contribution in [0.3, 0.4) is 0 Å². The highest BCUT2D eigenvalue weighted by atomic mass is 19.1. The molecule has 0 bridgehead atoms. The number of halogens is 1. The number of phenols is 1. The highest BCUT2D eigenvalue weighted by Crippen LogP contribution is 2.41. The van der Waals surface area contributed by atoms with E-state index in [1.54, 1.807) is 0 Å². The Hall–Kier alpha value is -1.49. The molecule has 0 aliphatic carbocycles. The van der Waals surface area contributed by atoms with Gasteiger partial charge < -0.3 is 19.9 Å². The van der Waals surface area contributed by atoms with Gasteiger partial charge in [-0.05, 0) is 38.3 Å². The molecule has 0 amide bonds. The summed E-state index contributed by atoms with van der Waals surface area (Å²) in [4.78, 5) is 0. The van der Waals surface area contributed by atoms with Crippen molar-refractivity contribution < 1.29 is 19.0 Å². The molecule has 19 heavy (non-hydrogen) atoms. The van der Waals surface area contributed by atoms with Gasteiger partial charge in [0, 0.05) is 11.6 Å². The molecule has 1 aromatic rings. The molecule has 0 radical (unpaired) electrons. The summed E-state index contributed by atoms with van der Waals surface area (Å²) in [6.45, 7) is 2.76. The van der Waals surface area contributed by atoms with E-state index in [0.717, 1.165) is 25.9 Å². The lowest BCUT2D eigenvalue weighted by atomic mass is 9.91. The van der Waals surface area contributed by atoms with Crippen molar-refractivity contribution in [2.24, 2.45) is 5.92 Å². The number of hydrogen-bond donors (Lipinski definition) is 2. The molecule has 0 spiro atoms. The third kappa shape index (κ3) is 2.47. The third-order valence-corrected chi connectivity index (χ3v) is 3.73. The minimum atomic E-state index is -0.574. The first kappa shape index (κ1) is 12.5. The lowest BCUT2D eigenvalue weighted by molar-refractivity contribution is 0.166. The Bertz CT molecular complexity index is 472. The van der Waals surface area contributed by atoms with Crippen LogP contribution >= 0.6 is 0 Å². The quantitative estimate of drug-likeness (QED) is 0.858. The number of aromatic hydroxyl groups is 1. The van der Waals surface area contributed by atoms with Gasteiger partial charge in [0.05, 0.1) is 0 Å². The maximum absolute atomic E-state index is 14.1. The Kier molecular flexibility index (Phi) is 3.46. The van der Waals surface area contributed by atoms with Crippen molar-refractivity contribution in [1.29, 1.82) is 0 Å². The first-order valence-corrected chi connectivity index (χ1v) is 6.76. The molecular formula is C14H18FNO3. The van der Waals surface area contributed by atoms with E-state index in [-0.39, 0.29) is 5.75 Å². The van der Waals surface area contributed by atoms with Crippen LogP contribution in [0.5, 0.6) is 17.2 Å². The smallest absolute Gasteiger partial charge is 0.171 e. The molecule has 4 nitrogen and oxygen atoms in total. The fraction of sp³-hybridized carbons (Fsp3) is 0.571. The van der Waals surface area contributed by atoms with Gasteiger partial charge in [0.15, 0.2) is 23.1 Å². The van der Waals surface area contributed by atoms with Crippen molar-refractivity contribution in [3.8, 4) is 17.2 Å². The number of ether oxygens (including phenoxy) is 2. The molecule has 1 saturated heterocycles. The van der Waals surface area contributed by atoms with Crippen LogP contribution in [-0.4, -0.2) is 31.4 Å². The molecule has 104 valence electrons. The fourth-order valence-corrected chi connectivity index (χ4v) is 2.79. The zero-order valence-corrected chi connectivity index (χ0v) is 10.7. The number of fused-ring (bicyclic) bond motifs is 1. The van der Waals surface area contributed by atoms with Crippen molar-refractivity contribution in [2.45, 2.75) is 19.3 Å². The van der Waals surface area contributed by atoms with Crippen LogP contribution in [0.4, 0.5) is 4.39 Å². The van der Waals surface area contributed by atoms with Crippen LogP contribution in [0.2, 0.25) is 0 Å². The molecule has 1 unspecified atom stereocenters. The second kappa shape index (κ2) is 5.25. The zero-order valence-electron chi connectivity index (χ0n) is 10.7. The second-order valence-electron chi connectivity index (χ2n) is 5.13. The van der Waals surface area contributed by atoms with Crippen LogP contribution in [0, 0.1) is 11.7 Å². The third-order valence-electron chi connectivity index (χ3n) is 3.73. The SMILES string of the molecule is Oc1cc2c(c(CC3CCCNC3)c1F)OCCO2. The highest BCUT2D eigenvalue weighted by molar-refractivity contribution is 5.53. The summed E-state index contributed by atoms with van der Waals surface area (Å²) in [7, 11) is 0. The number of rotatable bonds is 2. The molecular weight excluding hydrogens is 249 g/mol. The van der Waals surface area contributed by atoms with Crippen molar-refractivity contribution >= 4 is 0 Å². The van der Waals surface area contributed by atoms with Crippen molar-refractivity contribution in [1.82, 2.24) is 5.32 Å². The molecule has 2 heterocycles. The van der Waals surface area contributed by atoms with Gasteiger partial charge in [-0.1, -0.05) is 0 Å². The van der Waals surface area contributed by atoms with E-state index in [9.17, 15) is 9.50 Å². The summed E-state index contributed by atoms with van der Waals surface area (Å²) in [5.41, 5.74) is 0.448. The number of piperidine rings is 1. The van der Waals surface area contributed by atoms with E-state index in [0.29, 0.717) is 42.6 Å². The van der Waals surface area contributed by atoms with E-state index in [2.05, 4.69) is 5.32 Å². The molecule has 3 rings (SSSR count). The van der Waals surface area contributed by atoms with Gasteiger partial charge in [0.25, 0.3) is 0 Å². The molecule has 1 aromatic carbocycles. The van der Waals surface area contributed by atoms with Crippen molar-refractivity contribution in [2.75, 3.05) is 26.3 Å². The highest BCUT2D eigenvalue weighted by Gasteiger charge is 2.26. The number of nitrogens with one attached hydrogen (secondary N) is 1. The van der Waals surface area contributed by atoms with E-state index in [4.69, 9.17) is 9.47 Å². The fourth-order valence-electron chi connectivity index (χ4n) is 2.79. The molecule has 1 fully saturated rings. The second-order valence-corrected chi connectivity index (χ2v) is 5.13. The molecule has 0 saturated carbocycles. The molecule has 0 aromatic heterocycles. The Labute approximate surface area is 111 Å². The maximum Gasteiger partial charge on any atom is 0.171 e. The number of hydrogen-bond acceptors (Lipinski definition) is 4. The number of phenolic OH excluding ortho intramolecular Hbond substituents is 1. The average molecular weight is 267 g/mol. The summed E-state index contributed by atoms with van der Waals surface area (Å²) >= 11 is 0. The van der Waals surface area contributed by atoms with Gasteiger partial charge >= 0.3 is 0 Å². The van der Waals surface area contributed by atoms with E-state index >= 15 is 0 Å². The molecule has 1 atom stereocenters. The van der Waals surface area contributed by atoms with E-state index in [1.165, 1.54) is 6.07 Å². The summed E-state index contributed by atoms with van der Waals surface area (Å²) in [5, 5.41) is 13.0. The molecule has 2 aliphatic heterocycles. The minimum absolute atomic E-state index is 0.358. The maximum atomic E-state index is 14.1. The average Bonchev–Trinajstić information content (AvgIpc) is 2.45. The van der Waals surface area contributed by atoms with Crippen molar-refractivity contribution in [3.05, 3.63) is 17.4 Å². The van der Waals surface area contributed by atoms with E-state index in [1.807, 2.05) is 0 Å². The first-order chi connectivity index (χ1) is 9.25. The normalized spacial score (nSPS) is 22.3. The summed E-state index contributed by atoms with van der Waals surface area (Å²) < 4.78 is 25.1. The van der Waals surface area contributed by atoms with Gasteiger partial charge in [-0.25, -0.2) is 4.39 Å². The predicted molar refractivity (Wildman–Crippen MR) is 68.4 cm³/mol. The summed E-state index contributed by atoms with van der Waals surface area (Å²) in [6.07, 6.45) is 2.74. The lowest BCUT2D eigenvalue weighted by Gasteiger charge is -2.26. The Balaban J connectivity index is 1.91. The topological polar surface area (TPSA) is 50.7 Å². The molecule has 2 aliphatic rings. The Morgan fingerprint density at radius 1 is 1.37 bits per heavy atom. The van der Waals surface area contributed by atoms with Crippen molar-refractivity contribution in [3.63, 3.8) is 0 Å². The van der Waals surface area contributed by atoms with Gasteiger partial charge in [0.2, 0.25) is 0 Å². The van der Waals surface area contributed by atoms with Gasteiger partial charge in [-0.3, -0.25) is 0 Å². The van der Waals surface area contributed by atoms with Crippen LogP contribution in [-0.2, 0) is 6.42 Å². The summed E-state index contributed by atoms with van der Waals surface area (Å²) in [6, 6.07) is 1.30. The number of benzene rings is 1. The minimum Gasteiger partial charge on any atom is -0.505 e. The monoisotopic (exact) mass is 267 g/mol. The van der Waals surface area contributed by atoms with Gasteiger partial charge in [-0.15, -0.1) is 0 Å². The predicted octanol–water partition coefficient (Wildman–Crippen LogP) is 1.84. The van der Waals surface area contributed by atoms with Crippen LogP contribution in [0.1, 0.15) is 18.4 Å². The largest absolute Gasteiger partial charge is 0.505 e. The van der Waals surface area contributed by atoms with E-state index < -0.39 is 5.82 Å². The molecule has 5 heteroatoms. The summed E-state index contributed by atoms with van der Waals surface area (Å²) in [5.74, 6) is 0.355. The van der Waals surface area contributed by atoms with Crippen LogP contribution in [0.25, 0.3) is 0 Å². The Morgan fingerprint density at radius 3 is 3.00 bits per heavy atom. The van der Waals surface area contributed by atoms with Gasteiger partial charge in [0.1, 0.15) is 13.2 Å². The van der Waals surface area contributed by atoms with Crippen LogP contribution in [0.15, 0.2) is 6.07 Å². The van der Waals surface area contributed by atoms with Crippen LogP contribution < -0.4 is 14.8 Å². The molecule has 2 N–H and O–H groups in total. The zero-order chi connectivity index (χ0) is 13.2. The van der Waals surface area contributed by atoms with Gasteiger partial charge in [-0.2, -0.15) is 0 Å². The lowest BCUT2D eigenvalue weighted by Crippen LogP contribution is -2.31.